The number of aromatic nitrogens is 3. The number of hydrogen-bond acceptors (Lipinski definition) is 4. The number of halogens is 1. The lowest BCUT2D eigenvalue weighted by Crippen LogP contribution is -2.32. The molecule has 4 rings (SSSR count). The third kappa shape index (κ3) is 4.30. The Morgan fingerprint density at radius 3 is 2.57 bits per heavy atom. The van der Waals surface area contributed by atoms with Crippen LogP contribution < -0.4 is 11.1 Å². The molecule has 0 saturated heterocycles. The van der Waals surface area contributed by atoms with Crippen molar-refractivity contribution in [2.24, 2.45) is 5.73 Å². The number of fused-ring (bicyclic) bond motifs is 3. The second-order valence-electron chi connectivity index (χ2n) is 7.33. The van der Waals surface area contributed by atoms with Crippen LogP contribution in [0.3, 0.4) is 0 Å². The van der Waals surface area contributed by atoms with Gasteiger partial charge in [-0.25, -0.2) is 9.50 Å². The lowest BCUT2D eigenvalue weighted by molar-refractivity contribution is -0.121. The molecule has 0 fully saturated rings. The maximum atomic E-state index is 12.4. The fourth-order valence-corrected chi connectivity index (χ4v) is 3.71. The monoisotopic (exact) mass is 423 g/mol. The van der Waals surface area contributed by atoms with Gasteiger partial charge in [-0.1, -0.05) is 42.5 Å². The van der Waals surface area contributed by atoms with E-state index in [1.165, 1.54) is 0 Å². The molecule has 1 amide bonds. The smallest absolute Gasteiger partial charge is 0.220 e. The summed E-state index contributed by atoms with van der Waals surface area (Å²) in [6.07, 6.45) is 1.00. The maximum Gasteiger partial charge on any atom is 0.220 e. The molecule has 0 spiro atoms. The quantitative estimate of drug-likeness (QED) is 0.495. The first-order valence-electron chi connectivity index (χ1n) is 9.85. The highest BCUT2D eigenvalue weighted by Crippen LogP contribution is 2.22. The molecule has 0 radical (unpaired) electrons. The van der Waals surface area contributed by atoms with E-state index in [1.807, 2.05) is 73.0 Å². The predicted octanol–water partition coefficient (Wildman–Crippen LogP) is 3.67. The number of nitrogens with one attached hydrogen (secondary N) is 1. The van der Waals surface area contributed by atoms with Gasteiger partial charge in [-0.2, -0.15) is 5.10 Å². The number of nitrogens with two attached hydrogens (primary N) is 1. The van der Waals surface area contributed by atoms with E-state index in [1.54, 1.807) is 0 Å². The number of amides is 1. The van der Waals surface area contributed by atoms with Gasteiger partial charge in [0.2, 0.25) is 5.91 Å². The highest BCUT2D eigenvalue weighted by molar-refractivity contribution is 5.92. The molecule has 4 aromatic rings. The zero-order valence-corrected chi connectivity index (χ0v) is 17.9. The molecule has 1 unspecified atom stereocenters. The first-order valence-corrected chi connectivity index (χ1v) is 9.85. The second-order valence-corrected chi connectivity index (χ2v) is 7.33. The van der Waals surface area contributed by atoms with Crippen molar-refractivity contribution in [1.29, 1.82) is 0 Å². The molecule has 0 saturated carbocycles. The summed E-state index contributed by atoms with van der Waals surface area (Å²) in [5.74, 6) is -0.0131. The van der Waals surface area contributed by atoms with E-state index in [0.29, 0.717) is 19.4 Å². The van der Waals surface area contributed by atoms with Gasteiger partial charge in [0, 0.05) is 35.8 Å². The standard InChI is InChI=1S/C23H25N5O.ClH/c1-15-18(12-13-22(29)25-14-20(24)17-8-4-3-5-9-17)16(2)28-23(26-15)19-10-6-7-11-21(19)27-28;/h3-11,20H,12-14,24H2,1-2H3,(H,25,29);1H. The molecule has 0 aliphatic heterocycles. The van der Waals surface area contributed by atoms with Crippen LogP contribution in [0.2, 0.25) is 0 Å². The molecule has 2 heterocycles. The van der Waals surface area contributed by atoms with Crippen LogP contribution in [0.25, 0.3) is 16.6 Å². The van der Waals surface area contributed by atoms with E-state index in [0.717, 1.165) is 39.1 Å². The summed E-state index contributed by atoms with van der Waals surface area (Å²) in [6.45, 7) is 4.45. The normalized spacial score (nSPS) is 12.0. The van der Waals surface area contributed by atoms with Crippen LogP contribution >= 0.6 is 12.4 Å². The van der Waals surface area contributed by atoms with Crippen molar-refractivity contribution < 1.29 is 4.79 Å². The number of nitrogens with zero attached hydrogens (tertiary/aromatic N) is 3. The lowest BCUT2D eigenvalue weighted by Gasteiger charge is -2.14. The molecular formula is C23H26ClN5O. The first-order chi connectivity index (χ1) is 14.0. The van der Waals surface area contributed by atoms with E-state index in [9.17, 15) is 4.79 Å². The Kier molecular flexibility index (Phi) is 6.70. The summed E-state index contributed by atoms with van der Waals surface area (Å²) in [5.41, 5.74) is 12.0. The Balaban J connectivity index is 0.00000256. The van der Waals surface area contributed by atoms with E-state index in [4.69, 9.17) is 10.7 Å². The average Bonchev–Trinajstić information content (AvgIpc) is 3.11. The minimum atomic E-state index is -0.210. The Labute approximate surface area is 181 Å². The highest BCUT2D eigenvalue weighted by Gasteiger charge is 2.15. The van der Waals surface area contributed by atoms with Crippen LogP contribution in [-0.4, -0.2) is 27.0 Å². The lowest BCUT2D eigenvalue weighted by atomic mass is 10.1. The summed E-state index contributed by atoms with van der Waals surface area (Å²) < 4.78 is 1.89. The number of carbonyl (C=O) groups excluding carboxylic acids is 1. The van der Waals surface area contributed by atoms with Crippen molar-refractivity contribution in [3.8, 4) is 0 Å². The van der Waals surface area contributed by atoms with Gasteiger partial charge >= 0.3 is 0 Å². The minimum absolute atomic E-state index is 0. The molecule has 3 N–H and O–H groups in total. The molecular weight excluding hydrogens is 398 g/mol. The van der Waals surface area contributed by atoms with E-state index < -0.39 is 0 Å². The Morgan fingerprint density at radius 1 is 1.10 bits per heavy atom. The number of rotatable bonds is 6. The number of hydrogen-bond donors (Lipinski definition) is 2. The van der Waals surface area contributed by atoms with Crippen LogP contribution in [-0.2, 0) is 11.2 Å². The topological polar surface area (TPSA) is 85.3 Å². The molecule has 0 aliphatic carbocycles. The van der Waals surface area contributed by atoms with E-state index >= 15 is 0 Å². The van der Waals surface area contributed by atoms with Gasteiger partial charge < -0.3 is 11.1 Å². The molecule has 2 aromatic heterocycles. The molecule has 0 bridgehead atoms. The van der Waals surface area contributed by atoms with Gasteiger partial charge in [-0.15, -0.1) is 12.4 Å². The summed E-state index contributed by atoms with van der Waals surface area (Å²) in [7, 11) is 0. The van der Waals surface area contributed by atoms with Crippen molar-refractivity contribution >= 4 is 34.9 Å². The summed E-state index contributed by atoms with van der Waals surface area (Å²) in [5, 5.41) is 8.66. The van der Waals surface area contributed by atoms with Crippen molar-refractivity contribution in [2.75, 3.05) is 6.54 Å². The third-order valence-electron chi connectivity index (χ3n) is 5.37. The average molecular weight is 424 g/mol. The zero-order chi connectivity index (χ0) is 20.4. The first kappa shape index (κ1) is 21.7. The highest BCUT2D eigenvalue weighted by atomic mass is 35.5. The number of benzene rings is 2. The number of aryl methyl sites for hydroxylation is 2. The van der Waals surface area contributed by atoms with Crippen LogP contribution in [0.5, 0.6) is 0 Å². The molecule has 6 nitrogen and oxygen atoms in total. The largest absolute Gasteiger partial charge is 0.354 e. The van der Waals surface area contributed by atoms with Gasteiger partial charge in [-0.3, -0.25) is 4.79 Å². The Morgan fingerprint density at radius 2 is 1.80 bits per heavy atom. The third-order valence-corrected chi connectivity index (χ3v) is 5.37. The van der Waals surface area contributed by atoms with Crippen molar-refractivity contribution in [2.45, 2.75) is 32.7 Å². The van der Waals surface area contributed by atoms with E-state index in [-0.39, 0.29) is 24.4 Å². The van der Waals surface area contributed by atoms with Gasteiger partial charge in [0.15, 0.2) is 5.65 Å². The van der Waals surface area contributed by atoms with Gasteiger partial charge in [0.05, 0.1) is 5.52 Å². The predicted molar refractivity (Wildman–Crippen MR) is 122 cm³/mol. The summed E-state index contributed by atoms with van der Waals surface area (Å²) in [6, 6.07) is 17.6. The van der Waals surface area contributed by atoms with Crippen LogP contribution in [0.1, 0.15) is 35.0 Å². The molecule has 156 valence electrons. The Hall–Kier alpha value is -2.96. The maximum absolute atomic E-state index is 12.4. The van der Waals surface area contributed by atoms with Gasteiger partial charge in [0.25, 0.3) is 0 Å². The van der Waals surface area contributed by atoms with Crippen molar-refractivity contribution in [1.82, 2.24) is 19.9 Å². The van der Waals surface area contributed by atoms with Crippen molar-refractivity contribution in [3.05, 3.63) is 77.1 Å². The number of carbonyl (C=O) groups is 1. The fourth-order valence-electron chi connectivity index (χ4n) is 3.71. The summed E-state index contributed by atoms with van der Waals surface area (Å²) in [4.78, 5) is 17.1. The van der Waals surface area contributed by atoms with Crippen LogP contribution in [0.4, 0.5) is 0 Å². The zero-order valence-electron chi connectivity index (χ0n) is 17.1. The Bertz CT molecular complexity index is 1170. The second kappa shape index (κ2) is 9.24. The molecule has 2 aromatic carbocycles. The fraction of sp³-hybridized carbons (Fsp3) is 0.261. The van der Waals surface area contributed by atoms with Crippen LogP contribution in [0.15, 0.2) is 54.6 Å². The van der Waals surface area contributed by atoms with E-state index in [2.05, 4.69) is 10.4 Å². The SMILES string of the molecule is Cc1nc2c3ccccc3nn2c(C)c1CCC(=O)NCC(N)c1ccccc1.Cl. The summed E-state index contributed by atoms with van der Waals surface area (Å²) >= 11 is 0. The van der Waals surface area contributed by atoms with Crippen molar-refractivity contribution in [3.63, 3.8) is 0 Å². The molecule has 0 aliphatic rings. The minimum Gasteiger partial charge on any atom is -0.354 e. The van der Waals surface area contributed by atoms with Gasteiger partial charge in [0.1, 0.15) is 0 Å². The van der Waals surface area contributed by atoms with Crippen LogP contribution in [0, 0.1) is 13.8 Å². The molecule has 30 heavy (non-hydrogen) atoms. The molecule has 7 heteroatoms. The molecule has 1 atom stereocenters. The van der Waals surface area contributed by atoms with Gasteiger partial charge in [-0.05, 0) is 43.5 Å².